The zero-order chi connectivity index (χ0) is 22.7. The summed E-state index contributed by atoms with van der Waals surface area (Å²) in [4.78, 5) is 27.0. The number of halogens is 2. The van der Waals surface area contributed by atoms with Gasteiger partial charge in [-0.25, -0.2) is 0 Å². The third-order valence-corrected chi connectivity index (χ3v) is 7.40. The number of carbonyl (C=O) groups is 2. The van der Waals surface area contributed by atoms with Crippen LogP contribution in [0.5, 0.6) is 5.75 Å². The molecular formula is C25H29Br2NO3. The highest BCUT2D eigenvalue weighted by Crippen LogP contribution is 2.53. The van der Waals surface area contributed by atoms with Gasteiger partial charge in [0.1, 0.15) is 5.75 Å². The Morgan fingerprint density at radius 3 is 1.94 bits per heavy atom. The summed E-state index contributed by atoms with van der Waals surface area (Å²) in [6.07, 6.45) is 2.53. The Morgan fingerprint density at radius 2 is 1.45 bits per heavy atom. The predicted molar refractivity (Wildman–Crippen MR) is 129 cm³/mol. The van der Waals surface area contributed by atoms with Gasteiger partial charge in [-0.05, 0) is 58.7 Å². The number of hydrogen-bond donors (Lipinski definition) is 1. The zero-order valence-corrected chi connectivity index (χ0v) is 21.9. The molecule has 0 bridgehead atoms. The fourth-order valence-corrected chi connectivity index (χ4v) is 6.66. The first-order valence-electron chi connectivity index (χ1n) is 10.8. The van der Waals surface area contributed by atoms with Crippen LogP contribution in [0.1, 0.15) is 71.8 Å². The third-order valence-electron chi connectivity index (χ3n) is 6.36. The van der Waals surface area contributed by atoms with E-state index in [9.17, 15) is 9.59 Å². The molecule has 1 heterocycles. The molecule has 2 aliphatic carbocycles. The minimum absolute atomic E-state index is 0.111. The average molecular weight is 551 g/mol. The largest absolute Gasteiger partial charge is 0.492 e. The molecule has 4 rings (SSSR count). The van der Waals surface area contributed by atoms with Crippen LogP contribution in [0.15, 0.2) is 43.6 Å². The first-order chi connectivity index (χ1) is 14.4. The summed E-state index contributed by atoms with van der Waals surface area (Å²) < 4.78 is 7.73. The average Bonchev–Trinajstić information content (AvgIpc) is 2.60. The first kappa shape index (κ1) is 22.8. The summed E-state index contributed by atoms with van der Waals surface area (Å²) in [7, 11) is 0. The lowest BCUT2D eigenvalue weighted by Crippen LogP contribution is -2.42. The molecule has 0 atom stereocenters. The van der Waals surface area contributed by atoms with Gasteiger partial charge in [0, 0.05) is 51.3 Å². The van der Waals surface area contributed by atoms with Crippen molar-refractivity contribution >= 4 is 43.4 Å². The highest BCUT2D eigenvalue weighted by molar-refractivity contribution is 9.11. The number of carbonyl (C=O) groups excluding carboxylic acids is 2. The normalized spacial score (nSPS) is 22.8. The molecule has 166 valence electrons. The number of ketones is 2. The number of Topliss-reactive ketones (excluding diaryl/α,β-unsaturated/α-hetero) is 2. The molecular weight excluding hydrogens is 522 g/mol. The van der Waals surface area contributed by atoms with E-state index >= 15 is 0 Å². The van der Waals surface area contributed by atoms with Crippen LogP contribution < -0.4 is 10.1 Å². The van der Waals surface area contributed by atoms with Crippen molar-refractivity contribution in [3.63, 3.8) is 0 Å². The topological polar surface area (TPSA) is 55.4 Å². The van der Waals surface area contributed by atoms with E-state index in [4.69, 9.17) is 4.74 Å². The van der Waals surface area contributed by atoms with E-state index < -0.39 is 5.92 Å². The zero-order valence-electron chi connectivity index (χ0n) is 18.7. The third kappa shape index (κ3) is 4.18. The Morgan fingerprint density at radius 1 is 0.935 bits per heavy atom. The van der Waals surface area contributed by atoms with Crippen molar-refractivity contribution in [2.24, 2.45) is 10.8 Å². The molecule has 0 saturated carbocycles. The Labute approximate surface area is 201 Å². The second kappa shape index (κ2) is 7.87. The van der Waals surface area contributed by atoms with Gasteiger partial charge in [0.25, 0.3) is 0 Å². The SMILES string of the molecule is CCOc1c(Br)cc(Br)cc1C1C2=C(CC(C)(C)CC2=O)NC2=C1C(=O)CC(C)(C)C2. The fraction of sp³-hybridized carbons (Fsp3) is 0.520. The van der Waals surface area contributed by atoms with Crippen molar-refractivity contribution < 1.29 is 14.3 Å². The molecule has 1 aromatic carbocycles. The van der Waals surface area contributed by atoms with Crippen LogP contribution in [0.3, 0.4) is 0 Å². The van der Waals surface area contributed by atoms with Crippen molar-refractivity contribution in [2.75, 3.05) is 6.61 Å². The molecule has 1 aliphatic heterocycles. The Kier molecular flexibility index (Phi) is 5.79. The lowest BCUT2D eigenvalue weighted by atomic mass is 9.64. The summed E-state index contributed by atoms with van der Waals surface area (Å²) in [5, 5.41) is 3.56. The minimum Gasteiger partial charge on any atom is -0.492 e. The second-order valence-corrected chi connectivity index (χ2v) is 12.2. The van der Waals surface area contributed by atoms with Crippen LogP contribution in [0.2, 0.25) is 0 Å². The van der Waals surface area contributed by atoms with Gasteiger partial charge >= 0.3 is 0 Å². The second-order valence-electron chi connectivity index (χ2n) is 10.5. The smallest absolute Gasteiger partial charge is 0.162 e. The van der Waals surface area contributed by atoms with E-state index in [1.807, 2.05) is 19.1 Å². The Balaban J connectivity index is 1.99. The minimum atomic E-state index is -0.409. The summed E-state index contributed by atoms with van der Waals surface area (Å²) >= 11 is 7.24. The van der Waals surface area contributed by atoms with Gasteiger partial charge in [-0.15, -0.1) is 0 Å². The molecule has 0 fully saturated rings. The Hall–Kier alpha value is -1.40. The number of dihydropyridines is 1. The van der Waals surface area contributed by atoms with Gasteiger partial charge in [-0.3, -0.25) is 9.59 Å². The summed E-state index contributed by atoms with van der Waals surface area (Å²) in [5.74, 6) is 0.526. The number of hydrogen-bond acceptors (Lipinski definition) is 4. The van der Waals surface area contributed by atoms with Crippen LogP contribution in [0.4, 0.5) is 0 Å². The van der Waals surface area contributed by atoms with E-state index in [2.05, 4.69) is 64.9 Å². The standard InChI is InChI=1S/C25H29Br2NO3/c1-6-31-23-14(7-13(26)8-15(23)27)20-21-16(9-24(2,3)11-18(21)29)28-17-10-25(4,5)12-19(30)22(17)20/h7-8,20,28H,6,9-12H2,1-5H3. The molecule has 3 aliphatic rings. The van der Waals surface area contributed by atoms with Gasteiger partial charge in [-0.2, -0.15) is 0 Å². The van der Waals surface area contributed by atoms with Crippen molar-refractivity contribution in [1.82, 2.24) is 5.32 Å². The van der Waals surface area contributed by atoms with Crippen LogP contribution in [0.25, 0.3) is 0 Å². The lowest BCUT2D eigenvalue weighted by Gasteiger charge is -2.44. The first-order valence-corrected chi connectivity index (χ1v) is 12.4. The van der Waals surface area contributed by atoms with E-state index in [1.165, 1.54) is 0 Å². The number of rotatable bonds is 3. The van der Waals surface area contributed by atoms with Crippen molar-refractivity contribution in [3.8, 4) is 5.75 Å². The maximum absolute atomic E-state index is 13.5. The van der Waals surface area contributed by atoms with Gasteiger partial charge in [0.15, 0.2) is 11.6 Å². The highest BCUT2D eigenvalue weighted by Gasteiger charge is 2.47. The molecule has 0 unspecified atom stereocenters. The van der Waals surface area contributed by atoms with Crippen molar-refractivity contribution in [3.05, 3.63) is 49.2 Å². The fourth-order valence-electron chi connectivity index (χ4n) is 5.29. The van der Waals surface area contributed by atoms with E-state index in [-0.39, 0.29) is 22.4 Å². The number of benzene rings is 1. The molecule has 31 heavy (non-hydrogen) atoms. The molecule has 0 radical (unpaired) electrons. The van der Waals surface area contributed by atoms with Crippen LogP contribution >= 0.6 is 31.9 Å². The van der Waals surface area contributed by atoms with Crippen LogP contribution in [0, 0.1) is 10.8 Å². The quantitative estimate of drug-likeness (QED) is 0.461. The summed E-state index contributed by atoms with van der Waals surface area (Å²) in [5.41, 5.74) is 4.05. The molecule has 0 saturated heterocycles. The molecule has 1 N–H and O–H groups in total. The number of allylic oxidation sites excluding steroid dienone is 4. The van der Waals surface area contributed by atoms with Crippen LogP contribution in [-0.4, -0.2) is 18.2 Å². The maximum Gasteiger partial charge on any atom is 0.162 e. The summed E-state index contributed by atoms with van der Waals surface area (Å²) in [6.45, 7) is 11.0. The van der Waals surface area contributed by atoms with E-state index in [0.29, 0.717) is 25.2 Å². The predicted octanol–water partition coefficient (Wildman–Crippen LogP) is 6.58. The molecule has 0 aromatic heterocycles. The van der Waals surface area contributed by atoms with E-state index in [0.717, 1.165) is 49.9 Å². The highest BCUT2D eigenvalue weighted by atomic mass is 79.9. The molecule has 1 aromatic rings. The van der Waals surface area contributed by atoms with Gasteiger partial charge in [0.05, 0.1) is 11.1 Å². The molecule has 0 spiro atoms. The molecule has 6 heteroatoms. The van der Waals surface area contributed by atoms with E-state index in [1.54, 1.807) is 0 Å². The van der Waals surface area contributed by atoms with Crippen molar-refractivity contribution in [1.29, 1.82) is 0 Å². The van der Waals surface area contributed by atoms with Gasteiger partial charge in [-0.1, -0.05) is 43.6 Å². The number of ether oxygens (including phenoxy) is 1. The lowest BCUT2D eigenvalue weighted by molar-refractivity contribution is -0.119. The monoisotopic (exact) mass is 549 g/mol. The van der Waals surface area contributed by atoms with Crippen molar-refractivity contribution in [2.45, 2.75) is 66.2 Å². The molecule has 0 amide bonds. The number of nitrogens with one attached hydrogen (secondary N) is 1. The van der Waals surface area contributed by atoms with Gasteiger partial charge in [0.2, 0.25) is 0 Å². The molecule has 4 nitrogen and oxygen atoms in total. The van der Waals surface area contributed by atoms with Crippen LogP contribution in [-0.2, 0) is 9.59 Å². The maximum atomic E-state index is 13.5. The summed E-state index contributed by atoms with van der Waals surface area (Å²) in [6, 6.07) is 3.94. The Bertz CT molecular complexity index is 997. The van der Waals surface area contributed by atoms with Gasteiger partial charge < -0.3 is 10.1 Å².